The van der Waals surface area contributed by atoms with Gasteiger partial charge in [-0.15, -0.1) is 0 Å². The predicted molar refractivity (Wildman–Crippen MR) is 146 cm³/mol. The number of carbonyl (C=O) groups excluding carboxylic acids is 4. The van der Waals surface area contributed by atoms with Gasteiger partial charge in [-0.05, 0) is 43.2 Å². The number of amides is 3. The molecule has 4 rings (SSSR count). The number of alkyl carbamates (subject to hydrolysis) is 1. The zero-order valence-electron chi connectivity index (χ0n) is 22.8. The normalized spacial score (nSPS) is 19.4. The van der Waals surface area contributed by atoms with Crippen molar-refractivity contribution in [2.75, 3.05) is 26.7 Å². The predicted octanol–water partition coefficient (Wildman–Crippen LogP) is 3.68. The van der Waals surface area contributed by atoms with Crippen LogP contribution in [0.1, 0.15) is 43.2 Å². The molecule has 3 amide bonds. The lowest BCUT2D eigenvalue weighted by Gasteiger charge is -2.28. The molecule has 2 aliphatic rings. The molecule has 2 fully saturated rings. The zero-order valence-corrected chi connectivity index (χ0v) is 22.8. The van der Waals surface area contributed by atoms with Crippen LogP contribution in [0.15, 0.2) is 60.7 Å². The molecule has 10 nitrogen and oxygen atoms in total. The third-order valence-corrected chi connectivity index (χ3v) is 7.27. The van der Waals surface area contributed by atoms with Gasteiger partial charge in [0.15, 0.2) is 0 Å². The van der Waals surface area contributed by atoms with E-state index >= 15 is 0 Å². The van der Waals surface area contributed by atoms with E-state index in [1.165, 1.54) is 12.0 Å². The summed E-state index contributed by atoms with van der Waals surface area (Å²) in [5.74, 6) is -1.06. The quantitative estimate of drug-likeness (QED) is 0.374. The number of hydrogen-bond acceptors (Lipinski definition) is 7. The van der Waals surface area contributed by atoms with Crippen LogP contribution in [0.2, 0.25) is 0 Å². The fourth-order valence-electron chi connectivity index (χ4n) is 5.10. The van der Waals surface area contributed by atoms with Gasteiger partial charge in [-0.2, -0.15) is 0 Å². The number of nitrogens with zero attached hydrogens (tertiary/aromatic N) is 2. The molecule has 2 heterocycles. The van der Waals surface area contributed by atoms with E-state index in [1.807, 2.05) is 60.7 Å². The van der Waals surface area contributed by atoms with Crippen LogP contribution in [-0.4, -0.2) is 78.8 Å². The Kier molecular flexibility index (Phi) is 10.4. The molecule has 0 bridgehead atoms. The molecule has 0 aromatic heterocycles. The van der Waals surface area contributed by atoms with Crippen molar-refractivity contribution in [3.05, 3.63) is 71.8 Å². The van der Waals surface area contributed by atoms with E-state index < -0.39 is 42.3 Å². The van der Waals surface area contributed by atoms with Crippen LogP contribution < -0.4 is 5.32 Å². The van der Waals surface area contributed by atoms with Crippen LogP contribution in [0.4, 0.5) is 9.59 Å². The van der Waals surface area contributed by atoms with Crippen LogP contribution in [0.25, 0.3) is 0 Å². The second-order valence-electron chi connectivity index (χ2n) is 10.1. The van der Waals surface area contributed by atoms with Crippen molar-refractivity contribution in [2.45, 2.75) is 63.3 Å². The largest absolute Gasteiger partial charge is 0.467 e. The van der Waals surface area contributed by atoms with E-state index in [1.54, 1.807) is 4.90 Å². The third kappa shape index (κ3) is 7.97. The van der Waals surface area contributed by atoms with Crippen molar-refractivity contribution in [3.8, 4) is 0 Å². The number of ether oxygens (including phenoxy) is 3. The van der Waals surface area contributed by atoms with Crippen molar-refractivity contribution in [1.82, 2.24) is 15.1 Å². The highest BCUT2D eigenvalue weighted by atomic mass is 16.6. The summed E-state index contributed by atoms with van der Waals surface area (Å²) in [5, 5.41) is 2.70. The van der Waals surface area contributed by atoms with Gasteiger partial charge >= 0.3 is 18.2 Å². The molecule has 0 spiro atoms. The van der Waals surface area contributed by atoms with Gasteiger partial charge in [0, 0.05) is 19.5 Å². The Morgan fingerprint density at radius 3 is 2.23 bits per heavy atom. The minimum atomic E-state index is -0.966. The van der Waals surface area contributed by atoms with Gasteiger partial charge in [0.25, 0.3) is 0 Å². The second kappa shape index (κ2) is 14.3. The van der Waals surface area contributed by atoms with Crippen LogP contribution in [0.3, 0.4) is 0 Å². The number of nitrogens with one attached hydrogen (secondary N) is 1. The van der Waals surface area contributed by atoms with Crippen molar-refractivity contribution in [3.63, 3.8) is 0 Å². The van der Waals surface area contributed by atoms with E-state index in [0.717, 1.165) is 30.4 Å². The van der Waals surface area contributed by atoms with Gasteiger partial charge < -0.3 is 29.3 Å². The van der Waals surface area contributed by atoms with Crippen LogP contribution in [0, 0.1) is 0 Å². The molecular formula is C30H37N3O7. The van der Waals surface area contributed by atoms with E-state index in [2.05, 4.69) is 5.32 Å². The molecule has 214 valence electrons. The SMILES string of the molecule is COC(=O)[C@@H]1C[C@@H](OC(=O)N2CCCCC2)CN1C(=O)[C@@H](CCc1ccccc1)NC(=O)OCc1ccccc1. The summed E-state index contributed by atoms with van der Waals surface area (Å²) in [4.78, 5) is 55.0. The number of piperidine rings is 1. The van der Waals surface area contributed by atoms with Crippen LogP contribution in [0.5, 0.6) is 0 Å². The maximum Gasteiger partial charge on any atom is 0.410 e. The lowest BCUT2D eigenvalue weighted by Crippen LogP contribution is -2.52. The van der Waals surface area contributed by atoms with Crippen molar-refractivity contribution in [2.24, 2.45) is 0 Å². The molecule has 40 heavy (non-hydrogen) atoms. The molecular weight excluding hydrogens is 514 g/mol. The zero-order chi connectivity index (χ0) is 28.3. The first-order chi connectivity index (χ1) is 19.4. The number of aryl methyl sites for hydroxylation is 1. The molecule has 0 aliphatic carbocycles. The highest BCUT2D eigenvalue weighted by molar-refractivity contribution is 5.90. The third-order valence-electron chi connectivity index (χ3n) is 7.27. The Balaban J connectivity index is 1.45. The number of benzene rings is 2. The molecule has 0 unspecified atom stereocenters. The summed E-state index contributed by atoms with van der Waals surface area (Å²) in [6.45, 7) is 1.34. The fourth-order valence-corrected chi connectivity index (χ4v) is 5.10. The topological polar surface area (TPSA) is 114 Å². The monoisotopic (exact) mass is 551 g/mol. The van der Waals surface area contributed by atoms with Gasteiger partial charge in [-0.25, -0.2) is 14.4 Å². The maximum absolute atomic E-state index is 13.8. The Morgan fingerprint density at radius 1 is 0.925 bits per heavy atom. The van der Waals surface area contributed by atoms with Crippen molar-refractivity contribution >= 4 is 24.1 Å². The summed E-state index contributed by atoms with van der Waals surface area (Å²) in [5.41, 5.74) is 1.81. The first-order valence-corrected chi connectivity index (χ1v) is 13.8. The lowest BCUT2D eigenvalue weighted by atomic mass is 10.0. The highest BCUT2D eigenvalue weighted by Crippen LogP contribution is 2.25. The Hall–Kier alpha value is -4.08. The summed E-state index contributed by atoms with van der Waals surface area (Å²) in [7, 11) is 1.25. The molecule has 1 N–H and O–H groups in total. The number of methoxy groups -OCH3 is 1. The van der Waals surface area contributed by atoms with Gasteiger partial charge in [-0.1, -0.05) is 60.7 Å². The molecule has 10 heteroatoms. The Morgan fingerprint density at radius 2 is 1.57 bits per heavy atom. The molecule has 2 aliphatic heterocycles. The first-order valence-electron chi connectivity index (χ1n) is 13.8. The van der Waals surface area contributed by atoms with Gasteiger partial charge in [0.1, 0.15) is 24.8 Å². The highest BCUT2D eigenvalue weighted by Gasteiger charge is 2.44. The van der Waals surface area contributed by atoms with E-state index in [9.17, 15) is 19.2 Å². The summed E-state index contributed by atoms with van der Waals surface area (Å²) < 4.78 is 16.0. The minimum absolute atomic E-state index is 0.0285. The summed E-state index contributed by atoms with van der Waals surface area (Å²) >= 11 is 0. The Bertz CT molecular complexity index is 1140. The van der Waals surface area contributed by atoms with Crippen LogP contribution in [-0.2, 0) is 36.8 Å². The number of hydrogen-bond donors (Lipinski definition) is 1. The minimum Gasteiger partial charge on any atom is -0.467 e. The van der Waals surface area contributed by atoms with E-state index in [4.69, 9.17) is 14.2 Å². The molecule has 3 atom stereocenters. The van der Waals surface area contributed by atoms with Gasteiger partial charge in [-0.3, -0.25) is 4.79 Å². The number of rotatable bonds is 9. The number of esters is 1. The van der Waals surface area contributed by atoms with E-state index in [-0.39, 0.29) is 26.0 Å². The Labute approximate surface area is 234 Å². The van der Waals surface area contributed by atoms with Crippen LogP contribution >= 0.6 is 0 Å². The maximum atomic E-state index is 13.8. The average molecular weight is 552 g/mol. The first kappa shape index (κ1) is 28.9. The van der Waals surface area contributed by atoms with Crippen molar-refractivity contribution < 1.29 is 33.4 Å². The molecule has 2 aromatic rings. The lowest BCUT2D eigenvalue weighted by molar-refractivity contribution is -0.151. The fraction of sp³-hybridized carbons (Fsp3) is 0.467. The van der Waals surface area contributed by atoms with Gasteiger partial charge in [0.2, 0.25) is 5.91 Å². The summed E-state index contributed by atoms with van der Waals surface area (Å²) in [6, 6.07) is 16.9. The molecule has 0 saturated carbocycles. The average Bonchev–Trinajstić information content (AvgIpc) is 3.42. The number of carbonyl (C=O) groups is 4. The summed E-state index contributed by atoms with van der Waals surface area (Å²) in [6.07, 6.45) is 2.00. The molecule has 2 aromatic carbocycles. The van der Waals surface area contributed by atoms with Gasteiger partial charge in [0.05, 0.1) is 13.7 Å². The van der Waals surface area contributed by atoms with E-state index in [0.29, 0.717) is 19.5 Å². The molecule has 2 saturated heterocycles. The van der Waals surface area contributed by atoms with Crippen molar-refractivity contribution in [1.29, 1.82) is 0 Å². The second-order valence-corrected chi connectivity index (χ2v) is 10.1. The number of likely N-dealkylation sites (tertiary alicyclic amines) is 2. The molecule has 0 radical (unpaired) electrons. The standard InChI is InChI=1S/C30H37N3O7/c1-38-28(35)26-19-24(40-30(37)32-17-9-4-10-18-32)20-33(26)27(34)25(16-15-22-11-5-2-6-12-22)31-29(36)39-21-23-13-7-3-8-14-23/h2-3,5-8,11-14,24-26H,4,9-10,15-21H2,1H3,(H,31,36)/t24-,25-,26+/m1/s1. The smallest absolute Gasteiger partial charge is 0.410 e.